The summed E-state index contributed by atoms with van der Waals surface area (Å²) in [6, 6.07) is 8.48. The average molecular weight is 357 g/mol. The molecule has 1 heterocycles. The van der Waals surface area contributed by atoms with Crippen molar-refractivity contribution in [2.45, 2.75) is 38.3 Å². The minimum atomic E-state index is -0.330. The van der Waals surface area contributed by atoms with Gasteiger partial charge < -0.3 is 14.4 Å². The van der Waals surface area contributed by atoms with Gasteiger partial charge in [0.25, 0.3) is 11.5 Å². The number of aromatic nitrogens is 2. The summed E-state index contributed by atoms with van der Waals surface area (Å²) in [4.78, 5) is 26.1. The maximum Gasteiger partial charge on any atom is 0.274 e. The number of aromatic amines is 1. The van der Waals surface area contributed by atoms with Crippen molar-refractivity contribution in [3.8, 4) is 11.5 Å². The Kier molecular flexibility index (Phi) is 5.55. The highest BCUT2D eigenvalue weighted by molar-refractivity contribution is 5.92. The zero-order valence-corrected chi connectivity index (χ0v) is 15.0. The lowest BCUT2D eigenvalue weighted by Gasteiger charge is -2.29. The molecular formula is C19H23N3O4. The molecule has 1 aliphatic rings. The first kappa shape index (κ1) is 18.0. The summed E-state index contributed by atoms with van der Waals surface area (Å²) in [5, 5.41) is 6.24. The molecule has 3 rings (SSSR count). The third-order valence-corrected chi connectivity index (χ3v) is 4.75. The Balaban J connectivity index is 1.93. The van der Waals surface area contributed by atoms with E-state index in [4.69, 9.17) is 9.47 Å². The molecule has 1 N–H and O–H groups in total. The van der Waals surface area contributed by atoms with Gasteiger partial charge in [0, 0.05) is 17.7 Å². The molecule has 0 atom stereocenters. The first-order chi connectivity index (χ1) is 12.6. The molecular weight excluding hydrogens is 334 g/mol. The van der Waals surface area contributed by atoms with Crippen LogP contribution in [0.3, 0.4) is 0 Å². The molecule has 1 amide bonds. The van der Waals surface area contributed by atoms with Gasteiger partial charge in [-0.25, -0.2) is 5.10 Å². The molecule has 0 aliphatic heterocycles. The van der Waals surface area contributed by atoms with Gasteiger partial charge in [-0.15, -0.1) is 0 Å². The van der Waals surface area contributed by atoms with E-state index in [0.29, 0.717) is 18.0 Å². The largest absolute Gasteiger partial charge is 0.497 e. The number of amides is 1. The standard InChI is InChI=1S/C19H23N3O4/c1-25-15-7-9-17(26-2)13(11-15)12-22(14-5-3-4-6-14)19(24)16-8-10-18(23)21-20-16/h7-11,14H,3-6,12H2,1-2H3,(H,21,23). The fraction of sp³-hybridized carbons (Fsp3) is 0.421. The van der Waals surface area contributed by atoms with Crippen LogP contribution in [0.25, 0.3) is 0 Å². The number of hydrogen-bond acceptors (Lipinski definition) is 5. The van der Waals surface area contributed by atoms with Crippen LogP contribution < -0.4 is 15.0 Å². The third kappa shape index (κ3) is 3.87. The molecule has 7 heteroatoms. The predicted molar refractivity (Wildman–Crippen MR) is 96.5 cm³/mol. The lowest BCUT2D eigenvalue weighted by atomic mass is 10.1. The summed E-state index contributed by atoms with van der Waals surface area (Å²) in [5.41, 5.74) is 0.776. The van der Waals surface area contributed by atoms with Gasteiger partial charge >= 0.3 is 0 Å². The number of nitrogens with zero attached hydrogens (tertiary/aromatic N) is 2. The second kappa shape index (κ2) is 8.03. The third-order valence-electron chi connectivity index (χ3n) is 4.75. The molecule has 1 saturated carbocycles. The van der Waals surface area contributed by atoms with Crippen LogP contribution in [0.2, 0.25) is 0 Å². The van der Waals surface area contributed by atoms with Crippen LogP contribution in [0.4, 0.5) is 0 Å². The molecule has 1 aliphatic carbocycles. The summed E-state index contributed by atoms with van der Waals surface area (Å²) in [6.45, 7) is 0.394. The van der Waals surface area contributed by atoms with Crippen LogP contribution in [0.15, 0.2) is 35.1 Å². The van der Waals surface area contributed by atoms with Crippen molar-refractivity contribution in [2.24, 2.45) is 0 Å². The van der Waals surface area contributed by atoms with Crippen LogP contribution in [0.5, 0.6) is 11.5 Å². The van der Waals surface area contributed by atoms with E-state index in [1.54, 1.807) is 14.2 Å². The monoisotopic (exact) mass is 357 g/mol. The van der Waals surface area contributed by atoms with Crippen molar-refractivity contribution in [1.29, 1.82) is 0 Å². The Bertz CT molecular complexity index is 807. The zero-order chi connectivity index (χ0) is 18.5. The van der Waals surface area contributed by atoms with E-state index in [9.17, 15) is 9.59 Å². The molecule has 1 fully saturated rings. The highest BCUT2D eigenvalue weighted by atomic mass is 16.5. The smallest absolute Gasteiger partial charge is 0.274 e. The number of ether oxygens (including phenoxy) is 2. The van der Waals surface area contributed by atoms with Crippen LogP contribution >= 0.6 is 0 Å². The van der Waals surface area contributed by atoms with Crippen molar-refractivity contribution in [3.05, 3.63) is 51.9 Å². The van der Waals surface area contributed by atoms with Crippen LogP contribution in [0, 0.1) is 0 Å². The summed E-state index contributed by atoms with van der Waals surface area (Å²) in [5.74, 6) is 1.22. The van der Waals surface area contributed by atoms with Gasteiger partial charge in [-0.3, -0.25) is 9.59 Å². The number of nitrogens with one attached hydrogen (secondary N) is 1. The Hall–Kier alpha value is -2.83. The van der Waals surface area contributed by atoms with Gasteiger partial charge in [-0.05, 0) is 37.1 Å². The minimum absolute atomic E-state index is 0.145. The number of hydrogen-bond donors (Lipinski definition) is 1. The lowest BCUT2D eigenvalue weighted by molar-refractivity contribution is 0.0655. The van der Waals surface area contributed by atoms with Crippen LogP contribution in [0.1, 0.15) is 41.7 Å². The Labute approximate surface area is 151 Å². The van der Waals surface area contributed by atoms with Gasteiger partial charge in [-0.1, -0.05) is 12.8 Å². The maximum absolute atomic E-state index is 13.1. The predicted octanol–water partition coefficient (Wildman–Crippen LogP) is 2.37. The first-order valence-corrected chi connectivity index (χ1v) is 8.70. The molecule has 0 radical (unpaired) electrons. The van der Waals surface area contributed by atoms with Crippen LogP contribution in [-0.4, -0.2) is 41.3 Å². The molecule has 138 valence electrons. The maximum atomic E-state index is 13.1. The van der Waals surface area contributed by atoms with Gasteiger partial charge in [0.2, 0.25) is 0 Å². The summed E-state index contributed by atoms with van der Waals surface area (Å²) >= 11 is 0. The molecule has 1 aromatic heterocycles. The Morgan fingerprint density at radius 3 is 2.58 bits per heavy atom. The lowest BCUT2D eigenvalue weighted by Crippen LogP contribution is -2.39. The van der Waals surface area contributed by atoms with Gasteiger partial charge in [-0.2, -0.15) is 5.10 Å². The molecule has 0 spiro atoms. The normalized spacial score (nSPS) is 14.2. The van der Waals surface area contributed by atoms with E-state index in [0.717, 1.165) is 31.2 Å². The zero-order valence-electron chi connectivity index (χ0n) is 15.0. The van der Waals surface area contributed by atoms with Crippen molar-refractivity contribution in [2.75, 3.05) is 14.2 Å². The summed E-state index contributed by atoms with van der Waals surface area (Å²) in [7, 11) is 3.21. The molecule has 0 unspecified atom stereocenters. The summed E-state index contributed by atoms with van der Waals surface area (Å²) < 4.78 is 10.8. The number of rotatable bonds is 6. The Morgan fingerprint density at radius 1 is 1.19 bits per heavy atom. The SMILES string of the molecule is COc1ccc(OC)c(CN(C(=O)c2ccc(=O)[nH]n2)C2CCCC2)c1. The minimum Gasteiger partial charge on any atom is -0.497 e. The molecule has 0 bridgehead atoms. The number of carbonyl (C=O) groups is 1. The van der Waals surface area contributed by atoms with Gasteiger partial charge in [0.05, 0.1) is 20.8 Å². The highest BCUT2D eigenvalue weighted by Gasteiger charge is 2.29. The van der Waals surface area contributed by atoms with E-state index in [1.807, 2.05) is 23.1 Å². The molecule has 7 nitrogen and oxygen atoms in total. The van der Waals surface area contributed by atoms with Crippen molar-refractivity contribution in [3.63, 3.8) is 0 Å². The van der Waals surface area contributed by atoms with Gasteiger partial charge in [0.1, 0.15) is 17.2 Å². The van der Waals surface area contributed by atoms with Crippen molar-refractivity contribution >= 4 is 5.91 Å². The average Bonchev–Trinajstić information content (AvgIpc) is 3.20. The highest BCUT2D eigenvalue weighted by Crippen LogP contribution is 2.30. The van der Waals surface area contributed by atoms with Crippen molar-refractivity contribution < 1.29 is 14.3 Å². The fourth-order valence-electron chi connectivity index (χ4n) is 3.38. The first-order valence-electron chi connectivity index (χ1n) is 8.70. The van der Waals surface area contributed by atoms with E-state index >= 15 is 0 Å². The number of methoxy groups -OCH3 is 2. The van der Waals surface area contributed by atoms with Crippen molar-refractivity contribution in [1.82, 2.24) is 15.1 Å². The second-order valence-electron chi connectivity index (χ2n) is 6.36. The quantitative estimate of drug-likeness (QED) is 0.858. The van der Waals surface area contributed by atoms with E-state index in [2.05, 4.69) is 10.2 Å². The second-order valence-corrected chi connectivity index (χ2v) is 6.36. The number of benzene rings is 1. The molecule has 0 saturated heterocycles. The van der Waals surface area contributed by atoms with Gasteiger partial charge in [0.15, 0.2) is 0 Å². The van der Waals surface area contributed by atoms with E-state index in [-0.39, 0.29) is 23.2 Å². The molecule has 1 aromatic carbocycles. The fourth-order valence-corrected chi connectivity index (χ4v) is 3.38. The molecule has 2 aromatic rings. The number of carbonyl (C=O) groups excluding carboxylic acids is 1. The van der Waals surface area contributed by atoms with Crippen LogP contribution in [-0.2, 0) is 6.54 Å². The number of H-pyrrole nitrogens is 1. The molecule has 26 heavy (non-hydrogen) atoms. The topological polar surface area (TPSA) is 84.5 Å². The van der Waals surface area contributed by atoms with E-state index in [1.165, 1.54) is 12.1 Å². The summed E-state index contributed by atoms with van der Waals surface area (Å²) in [6.07, 6.45) is 4.12. The van der Waals surface area contributed by atoms with E-state index < -0.39 is 0 Å². The Morgan fingerprint density at radius 2 is 1.96 bits per heavy atom.